The Labute approximate surface area is 156 Å². The molecule has 0 unspecified atom stereocenters. The second kappa shape index (κ2) is 8.06. The van der Waals surface area contributed by atoms with Crippen molar-refractivity contribution in [2.24, 2.45) is 7.05 Å². The maximum absolute atomic E-state index is 12.1. The SMILES string of the molecule is CCc1ccc(OCc2ccc(/C=C/C(=O)c3nn(C)cc3Cl)o2)cc1. The Hall–Kier alpha value is -2.79. The van der Waals surface area contributed by atoms with Crippen LogP contribution >= 0.6 is 11.6 Å². The van der Waals surface area contributed by atoms with Gasteiger partial charge >= 0.3 is 0 Å². The minimum atomic E-state index is -0.277. The van der Waals surface area contributed by atoms with Crippen LogP contribution < -0.4 is 4.74 Å². The van der Waals surface area contributed by atoms with E-state index >= 15 is 0 Å². The highest BCUT2D eigenvalue weighted by Gasteiger charge is 2.12. The molecule has 0 aliphatic rings. The molecule has 0 aliphatic heterocycles. The number of hydrogen-bond donors (Lipinski definition) is 0. The van der Waals surface area contributed by atoms with Crippen molar-refractivity contribution in [1.82, 2.24) is 9.78 Å². The summed E-state index contributed by atoms with van der Waals surface area (Å²) in [7, 11) is 1.71. The summed E-state index contributed by atoms with van der Waals surface area (Å²) < 4.78 is 12.9. The number of aromatic nitrogens is 2. The Morgan fingerprint density at radius 3 is 2.69 bits per heavy atom. The van der Waals surface area contributed by atoms with Crippen molar-refractivity contribution in [3.63, 3.8) is 0 Å². The van der Waals surface area contributed by atoms with Gasteiger partial charge in [-0.3, -0.25) is 9.48 Å². The molecular formula is C20H19ClN2O3. The Morgan fingerprint density at radius 1 is 1.27 bits per heavy atom. The number of allylic oxidation sites excluding steroid dienone is 1. The van der Waals surface area contributed by atoms with Crippen LogP contribution in [-0.2, 0) is 20.1 Å². The topological polar surface area (TPSA) is 57.3 Å². The number of furan rings is 1. The summed E-state index contributed by atoms with van der Waals surface area (Å²) in [6.45, 7) is 2.43. The van der Waals surface area contributed by atoms with E-state index in [4.69, 9.17) is 20.8 Å². The van der Waals surface area contributed by atoms with Crippen LogP contribution in [0.15, 0.2) is 53.1 Å². The van der Waals surface area contributed by atoms with Gasteiger partial charge < -0.3 is 9.15 Å². The number of rotatable bonds is 7. The first kappa shape index (κ1) is 18.0. The molecule has 0 saturated heterocycles. The molecule has 0 amide bonds. The molecule has 0 radical (unpaired) electrons. The number of nitrogens with zero attached hydrogens (tertiary/aromatic N) is 2. The largest absolute Gasteiger partial charge is 0.486 e. The summed E-state index contributed by atoms with van der Waals surface area (Å²) in [6.07, 6.45) is 5.56. The van der Waals surface area contributed by atoms with E-state index in [1.54, 1.807) is 25.4 Å². The first-order chi connectivity index (χ1) is 12.5. The third kappa shape index (κ3) is 4.43. The standard InChI is InChI=1S/C20H19ClN2O3/c1-3-14-4-6-15(7-5-14)25-13-17-9-8-16(26-17)10-11-19(24)20-18(21)12-23(2)22-20/h4-12H,3,13H2,1-2H3/b11-10+. The van der Waals surface area contributed by atoms with Gasteiger partial charge in [0.05, 0.1) is 5.02 Å². The summed E-state index contributed by atoms with van der Waals surface area (Å²) in [5.41, 5.74) is 1.48. The highest BCUT2D eigenvalue weighted by atomic mass is 35.5. The molecule has 6 heteroatoms. The molecule has 0 atom stereocenters. The van der Waals surface area contributed by atoms with Crippen LogP contribution in [0, 0.1) is 0 Å². The molecule has 2 aromatic heterocycles. The zero-order valence-electron chi connectivity index (χ0n) is 14.6. The minimum Gasteiger partial charge on any atom is -0.486 e. The zero-order valence-corrected chi connectivity index (χ0v) is 15.4. The molecule has 134 valence electrons. The molecule has 0 fully saturated rings. The van der Waals surface area contributed by atoms with Gasteiger partial charge in [0.15, 0.2) is 5.69 Å². The fourth-order valence-corrected chi connectivity index (χ4v) is 2.67. The summed E-state index contributed by atoms with van der Waals surface area (Å²) in [4.78, 5) is 12.1. The van der Waals surface area contributed by atoms with E-state index in [2.05, 4.69) is 12.0 Å². The third-order valence-corrected chi connectivity index (χ3v) is 4.09. The van der Waals surface area contributed by atoms with Gasteiger partial charge in [-0.25, -0.2) is 0 Å². The molecule has 1 aromatic carbocycles. The fraction of sp³-hybridized carbons (Fsp3) is 0.200. The van der Waals surface area contributed by atoms with Gasteiger partial charge in [0.1, 0.15) is 23.9 Å². The van der Waals surface area contributed by atoms with Crippen molar-refractivity contribution < 1.29 is 13.9 Å². The van der Waals surface area contributed by atoms with Crippen molar-refractivity contribution in [2.75, 3.05) is 0 Å². The molecule has 0 spiro atoms. The summed E-state index contributed by atoms with van der Waals surface area (Å²) in [6, 6.07) is 11.6. The number of ether oxygens (including phenoxy) is 1. The van der Waals surface area contributed by atoms with Gasteiger partial charge in [-0.15, -0.1) is 0 Å². The van der Waals surface area contributed by atoms with Crippen molar-refractivity contribution in [2.45, 2.75) is 20.0 Å². The number of benzene rings is 1. The highest BCUT2D eigenvalue weighted by Crippen LogP contribution is 2.18. The lowest BCUT2D eigenvalue weighted by Gasteiger charge is -2.04. The first-order valence-corrected chi connectivity index (χ1v) is 8.65. The van der Waals surface area contributed by atoms with E-state index in [0.717, 1.165) is 12.2 Å². The molecule has 0 N–H and O–H groups in total. The second-order valence-corrected chi connectivity index (χ2v) is 6.19. The number of halogens is 1. The molecule has 0 bridgehead atoms. The maximum Gasteiger partial charge on any atom is 0.207 e. The van der Waals surface area contributed by atoms with Crippen LogP contribution in [0.3, 0.4) is 0 Å². The van der Waals surface area contributed by atoms with Gasteiger partial charge in [-0.2, -0.15) is 5.10 Å². The van der Waals surface area contributed by atoms with Crippen LogP contribution in [0.25, 0.3) is 6.08 Å². The highest BCUT2D eigenvalue weighted by molar-refractivity contribution is 6.34. The minimum absolute atomic E-state index is 0.219. The Morgan fingerprint density at radius 2 is 2.04 bits per heavy atom. The summed E-state index contributed by atoms with van der Waals surface area (Å²) in [5, 5.41) is 4.36. The van der Waals surface area contributed by atoms with Gasteiger partial charge in [-0.05, 0) is 48.4 Å². The van der Waals surface area contributed by atoms with Crippen LogP contribution in [0.4, 0.5) is 0 Å². The third-order valence-electron chi connectivity index (χ3n) is 3.81. The number of carbonyl (C=O) groups excluding carboxylic acids is 1. The number of aryl methyl sites for hydroxylation is 2. The lowest BCUT2D eigenvalue weighted by atomic mass is 10.2. The first-order valence-electron chi connectivity index (χ1n) is 8.27. The van der Waals surface area contributed by atoms with Crippen molar-refractivity contribution in [3.05, 3.63) is 76.5 Å². The van der Waals surface area contributed by atoms with E-state index in [9.17, 15) is 4.79 Å². The van der Waals surface area contributed by atoms with Crippen molar-refractivity contribution in [1.29, 1.82) is 0 Å². The molecule has 26 heavy (non-hydrogen) atoms. The van der Waals surface area contributed by atoms with E-state index in [1.165, 1.54) is 16.3 Å². The van der Waals surface area contributed by atoms with Crippen molar-refractivity contribution in [3.8, 4) is 5.75 Å². The number of ketones is 1. The molecule has 0 saturated carbocycles. The Balaban J connectivity index is 1.58. The van der Waals surface area contributed by atoms with Crippen LogP contribution in [0.1, 0.15) is 34.5 Å². The van der Waals surface area contributed by atoms with E-state index in [1.807, 2.05) is 30.3 Å². The Bertz CT molecular complexity index is 923. The monoisotopic (exact) mass is 370 g/mol. The predicted molar refractivity (Wildman–Crippen MR) is 100 cm³/mol. The average molecular weight is 371 g/mol. The quantitative estimate of drug-likeness (QED) is 0.446. The summed E-state index contributed by atoms with van der Waals surface area (Å²) >= 11 is 5.97. The molecule has 3 aromatic rings. The number of hydrogen-bond acceptors (Lipinski definition) is 4. The van der Waals surface area contributed by atoms with Gasteiger partial charge in [-0.1, -0.05) is 30.7 Å². The van der Waals surface area contributed by atoms with E-state index in [0.29, 0.717) is 23.2 Å². The lowest BCUT2D eigenvalue weighted by Crippen LogP contribution is -1.98. The maximum atomic E-state index is 12.1. The van der Waals surface area contributed by atoms with Crippen LogP contribution in [0.2, 0.25) is 5.02 Å². The van der Waals surface area contributed by atoms with Gasteiger partial charge in [0.25, 0.3) is 0 Å². The van der Waals surface area contributed by atoms with E-state index in [-0.39, 0.29) is 11.5 Å². The molecule has 2 heterocycles. The smallest absolute Gasteiger partial charge is 0.207 e. The van der Waals surface area contributed by atoms with Gasteiger partial charge in [0.2, 0.25) is 5.78 Å². The number of carbonyl (C=O) groups is 1. The normalized spacial score (nSPS) is 11.2. The molecule has 3 rings (SSSR count). The predicted octanol–water partition coefficient (Wildman–Crippen LogP) is 4.70. The summed E-state index contributed by atoms with van der Waals surface area (Å²) in [5.74, 6) is 1.74. The van der Waals surface area contributed by atoms with Crippen LogP contribution in [0.5, 0.6) is 5.75 Å². The average Bonchev–Trinajstić information content (AvgIpc) is 3.24. The second-order valence-electron chi connectivity index (χ2n) is 5.79. The zero-order chi connectivity index (χ0) is 18.5. The molecular weight excluding hydrogens is 352 g/mol. The van der Waals surface area contributed by atoms with Crippen LogP contribution in [-0.4, -0.2) is 15.6 Å². The molecule has 5 nitrogen and oxygen atoms in total. The Kier molecular flexibility index (Phi) is 5.58. The van der Waals surface area contributed by atoms with E-state index < -0.39 is 0 Å². The van der Waals surface area contributed by atoms with Gasteiger partial charge in [0, 0.05) is 13.2 Å². The van der Waals surface area contributed by atoms with Crippen molar-refractivity contribution >= 4 is 23.5 Å². The fourth-order valence-electron chi connectivity index (χ4n) is 2.40. The molecule has 0 aliphatic carbocycles. The lowest BCUT2D eigenvalue weighted by molar-refractivity contribution is 0.104.